The van der Waals surface area contributed by atoms with Crippen molar-refractivity contribution in [2.75, 3.05) is 18.0 Å². The van der Waals surface area contributed by atoms with Gasteiger partial charge in [0.25, 0.3) is 0 Å². The highest BCUT2D eigenvalue weighted by Gasteiger charge is 2.31. The second kappa shape index (κ2) is 5.38. The van der Waals surface area contributed by atoms with Crippen LogP contribution in [0.25, 0.3) is 11.4 Å². The molecule has 0 amide bonds. The molecule has 21 heavy (non-hydrogen) atoms. The number of pyridine rings is 1. The first-order valence-electron chi connectivity index (χ1n) is 6.93. The average molecular weight is 286 g/mol. The summed E-state index contributed by atoms with van der Waals surface area (Å²) < 4.78 is 0. The van der Waals surface area contributed by atoms with Gasteiger partial charge in [0.15, 0.2) is 5.82 Å². The lowest BCUT2D eigenvalue weighted by molar-refractivity contribution is 0.0572. The molecule has 3 heterocycles. The normalized spacial score (nSPS) is 21.8. The van der Waals surface area contributed by atoms with E-state index >= 15 is 0 Å². The van der Waals surface area contributed by atoms with E-state index in [4.69, 9.17) is 0 Å². The number of β-amino-alcohol motifs (C(OH)–C–C–N with tert-alkyl or cyclic N) is 2. The lowest BCUT2D eigenvalue weighted by Gasteiger charge is -2.20. The summed E-state index contributed by atoms with van der Waals surface area (Å²) >= 11 is 0. The fourth-order valence-electron chi connectivity index (χ4n) is 2.49. The Morgan fingerprint density at radius 2 is 1.67 bits per heavy atom. The van der Waals surface area contributed by atoms with Crippen molar-refractivity contribution in [3.05, 3.63) is 35.8 Å². The standard InChI is InChI=1S/C15H18N4O2/c1-9-10(2)17-14(11-3-5-16-6-4-11)18-15(9)19-7-12(20)13(21)8-19/h3-6,12-13,20-21H,7-8H2,1-2H3. The van der Waals surface area contributed by atoms with Crippen molar-refractivity contribution in [1.29, 1.82) is 0 Å². The molecule has 2 aromatic heterocycles. The third-order valence-electron chi connectivity index (χ3n) is 3.86. The topological polar surface area (TPSA) is 82.4 Å². The third kappa shape index (κ3) is 2.59. The molecule has 0 spiro atoms. The lowest BCUT2D eigenvalue weighted by atomic mass is 10.2. The minimum absolute atomic E-state index is 0.383. The van der Waals surface area contributed by atoms with E-state index in [0.29, 0.717) is 18.9 Å². The number of aromatic nitrogens is 3. The van der Waals surface area contributed by atoms with Crippen LogP contribution >= 0.6 is 0 Å². The fraction of sp³-hybridized carbons (Fsp3) is 0.400. The number of hydrogen-bond acceptors (Lipinski definition) is 6. The summed E-state index contributed by atoms with van der Waals surface area (Å²) in [5.74, 6) is 1.40. The van der Waals surface area contributed by atoms with E-state index in [0.717, 1.165) is 22.6 Å². The van der Waals surface area contributed by atoms with Gasteiger partial charge >= 0.3 is 0 Å². The van der Waals surface area contributed by atoms with Crippen molar-refractivity contribution in [3.8, 4) is 11.4 Å². The van der Waals surface area contributed by atoms with Crippen molar-refractivity contribution < 1.29 is 10.2 Å². The summed E-state index contributed by atoms with van der Waals surface area (Å²) in [6.45, 7) is 4.66. The van der Waals surface area contributed by atoms with E-state index in [2.05, 4.69) is 15.0 Å². The molecule has 1 saturated heterocycles. The Morgan fingerprint density at radius 1 is 1.05 bits per heavy atom. The molecular weight excluding hydrogens is 268 g/mol. The van der Waals surface area contributed by atoms with E-state index in [1.807, 2.05) is 30.9 Å². The Balaban J connectivity index is 2.03. The molecule has 2 N–H and O–H groups in total. The van der Waals surface area contributed by atoms with Crippen LogP contribution in [-0.2, 0) is 0 Å². The summed E-state index contributed by atoms with van der Waals surface area (Å²) in [7, 11) is 0. The van der Waals surface area contributed by atoms with Gasteiger partial charge in [-0.3, -0.25) is 4.98 Å². The van der Waals surface area contributed by atoms with Crippen LogP contribution in [0.5, 0.6) is 0 Å². The van der Waals surface area contributed by atoms with Crippen molar-refractivity contribution >= 4 is 5.82 Å². The zero-order chi connectivity index (χ0) is 15.0. The monoisotopic (exact) mass is 286 g/mol. The van der Waals surface area contributed by atoms with Crippen LogP contribution in [0.2, 0.25) is 0 Å². The number of nitrogens with zero attached hydrogens (tertiary/aromatic N) is 4. The fourth-order valence-corrected chi connectivity index (χ4v) is 2.49. The molecule has 0 aliphatic carbocycles. The number of rotatable bonds is 2. The summed E-state index contributed by atoms with van der Waals surface area (Å²) in [4.78, 5) is 15.0. The number of aliphatic hydroxyl groups excluding tert-OH is 2. The van der Waals surface area contributed by atoms with Crippen LogP contribution in [-0.4, -0.2) is 50.5 Å². The van der Waals surface area contributed by atoms with Gasteiger partial charge in [-0.2, -0.15) is 0 Å². The maximum Gasteiger partial charge on any atom is 0.161 e. The first kappa shape index (κ1) is 13.9. The van der Waals surface area contributed by atoms with E-state index in [-0.39, 0.29) is 0 Å². The quantitative estimate of drug-likeness (QED) is 0.845. The Bertz CT molecular complexity index is 638. The second-order valence-corrected chi connectivity index (χ2v) is 5.36. The Kier molecular flexibility index (Phi) is 3.57. The molecule has 0 aromatic carbocycles. The number of anilines is 1. The molecule has 6 nitrogen and oxygen atoms in total. The summed E-state index contributed by atoms with van der Waals surface area (Å²) in [6, 6.07) is 3.73. The Hall–Kier alpha value is -2.05. The van der Waals surface area contributed by atoms with Gasteiger partial charge in [-0.25, -0.2) is 9.97 Å². The predicted octanol–water partition coefficient (Wildman–Crippen LogP) is 0.697. The van der Waals surface area contributed by atoms with Gasteiger partial charge in [-0.1, -0.05) is 0 Å². The highest BCUT2D eigenvalue weighted by Crippen LogP contribution is 2.27. The van der Waals surface area contributed by atoms with Crippen LogP contribution < -0.4 is 4.90 Å². The molecule has 1 aliphatic rings. The van der Waals surface area contributed by atoms with Gasteiger partial charge in [-0.05, 0) is 26.0 Å². The lowest BCUT2D eigenvalue weighted by Crippen LogP contribution is -2.24. The second-order valence-electron chi connectivity index (χ2n) is 5.36. The zero-order valence-electron chi connectivity index (χ0n) is 12.1. The van der Waals surface area contributed by atoms with E-state index in [1.165, 1.54) is 0 Å². The first-order chi connectivity index (χ1) is 10.1. The van der Waals surface area contributed by atoms with Crippen molar-refractivity contribution in [1.82, 2.24) is 15.0 Å². The van der Waals surface area contributed by atoms with Gasteiger partial charge in [0.1, 0.15) is 5.82 Å². The van der Waals surface area contributed by atoms with Crippen LogP contribution in [0.3, 0.4) is 0 Å². The summed E-state index contributed by atoms with van der Waals surface area (Å²) in [5.41, 5.74) is 2.76. The molecule has 2 atom stereocenters. The largest absolute Gasteiger partial charge is 0.389 e. The maximum atomic E-state index is 9.73. The zero-order valence-corrected chi connectivity index (χ0v) is 12.1. The van der Waals surface area contributed by atoms with Crippen LogP contribution in [0, 0.1) is 13.8 Å². The molecule has 3 rings (SSSR count). The first-order valence-corrected chi connectivity index (χ1v) is 6.93. The maximum absolute atomic E-state index is 9.73. The molecule has 0 radical (unpaired) electrons. The molecule has 110 valence electrons. The SMILES string of the molecule is Cc1nc(-c2ccncc2)nc(N2CC(O)C(O)C2)c1C. The van der Waals surface area contributed by atoms with E-state index in [1.54, 1.807) is 12.4 Å². The molecule has 1 aliphatic heterocycles. The van der Waals surface area contributed by atoms with Gasteiger partial charge < -0.3 is 15.1 Å². The third-order valence-corrected chi connectivity index (χ3v) is 3.86. The highest BCUT2D eigenvalue weighted by atomic mass is 16.3. The van der Waals surface area contributed by atoms with Crippen LogP contribution in [0.15, 0.2) is 24.5 Å². The van der Waals surface area contributed by atoms with Gasteiger partial charge in [0.2, 0.25) is 0 Å². The number of aliphatic hydroxyl groups is 2. The average Bonchev–Trinajstić information content (AvgIpc) is 2.82. The molecule has 1 fully saturated rings. The molecular formula is C15H18N4O2. The van der Waals surface area contributed by atoms with E-state index in [9.17, 15) is 10.2 Å². The molecule has 0 saturated carbocycles. The summed E-state index contributed by atoms with van der Waals surface area (Å²) in [6.07, 6.45) is 1.95. The Morgan fingerprint density at radius 3 is 2.29 bits per heavy atom. The molecule has 2 unspecified atom stereocenters. The van der Waals surface area contributed by atoms with Crippen LogP contribution in [0.1, 0.15) is 11.3 Å². The minimum atomic E-state index is -0.732. The summed E-state index contributed by atoms with van der Waals surface area (Å²) in [5, 5.41) is 19.5. The molecule has 2 aromatic rings. The molecule has 0 bridgehead atoms. The van der Waals surface area contributed by atoms with Crippen molar-refractivity contribution in [3.63, 3.8) is 0 Å². The van der Waals surface area contributed by atoms with Gasteiger partial charge in [0, 0.05) is 42.3 Å². The minimum Gasteiger partial charge on any atom is -0.389 e. The number of hydrogen-bond donors (Lipinski definition) is 2. The predicted molar refractivity (Wildman–Crippen MR) is 79.0 cm³/mol. The highest BCUT2D eigenvalue weighted by molar-refractivity contribution is 5.60. The van der Waals surface area contributed by atoms with Crippen molar-refractivity contribution in [2.45, 2.75) is 26.1 Å². The molecule has 6 heteroatoms. The van der Waals surface area contributed by atoms with Gasteiger partial charge in [0.05, 0.1) is 12.2 Å². The van der Waals surface area contributed by atoms with Crippen molar-refractivity contribution in [2.24, 2.45) is 0 Å². The van der Waals surface area contributed by atoms with Crippen LogP contribution in [0.4, 0.5) is 5.82 Å². The number of aryl methyl sites for hydroxylation is 1. The van der Waals surface area contributed by atoms with Gasteiger partial charge in [-0.15, -0.1) is 0 Å². The smallest absolute Gasteiger partial charge is 0.161 e. The Labute approximate surface area is 123 Å². The van der Waals surface area contributed by atoms with E-state index < -0.39 is 12.2 Å².